The lowest BCUT2D eigenvalue weighted by atomic mass is 9.64. The third kappa shape index (κ3) is 5.25. The van der Waals surface area contributed by atoms with E-state index in [0.717, 1.165) is 39.2 Å². The molecular formula is C15H31NO2. The molecule has 0 amide bonds. The fourth-order valence-corrected chi connectivity index (χ4v) is 2.71. The van der Waals surface area contributed by atoms with E-state index in [9.17, 15) is 0 Å². The number of ether oxygens (including phenoxy) is 2. The molecular weight excluding hydrogens is 226 g/mol. The Morgan fingerprint density at radius 2 is 1.67 bits per heavy atom. The van der Waals surface area contributed by atoms with Gasteiger partial charge in [-0.15, -0.1) is 0 Å². The fourth-order valence-electron chi connectivity index (χ4n) is 2.71. The van der Waals surface area contributed by atoms with Crippen molar-refractivity contribution in [2.24, 2.45) is 16.6 Å². The fraction of sp³-hybridized carbons (Fsp3) is 1.00. The Labute approximate surface area is 112 Å². The molecule has 3 nitrogen and oxygen atoms in total. The van der Waals surface area contributed by atoms with Crippen molar-refractivity contribution >= 4 is 0 Å². The van der Waals surface area contributed by atoms with Crippen molar-refractivity contribution in [1.29, 1.82) is 0 Å². The van der Waals surface area contributed by atoms with Crippen LogP contribution in [-0.4, -0.2) is 33.5 Å². The van der Waals surface area contributed by atoms with E-state index in [4.69, 9.17) is 15.2 Å². The smallest absolute Gasteiger partial charge is 0.0487 e. The van der Waals surface area contributed by atoms with E-state index in [1.54, 1.807) is 7.11 Å². The van der Waals surface area contributed by atoms with Crippen molar-refractivity contribution in [3.8, 4) is 0 Å². The number of hydrogen-bond acceptors (Lipinski definition) is 3. The Morgan fingerprint density at radius 3 is 2.22 bits per heavy atom. The monoisotopic (exact) mass is 257 g/mol. The van der Waals surface area contributed by atoms with Crippen LogP contribution < -0.4 is 5.73 Å². The summed E-state index contributed by atoms with van der Waals surface area (Å²) in [7, 11) is 1.73. The second-order valence-electron chi connectivity index (χ2n) is 6.58. The molecule has 108 valence electrons. The van der Waals surface area contributed by atoms with Crippen molar-refractivity contribution in [1.82, 2.24) is 0 Å². The summed E-state index contributed by atoms with van der Waals surface area (Å²) in [4.78, 5) is 0. The van der Waals surface area contributed by atoms with Crippen LogP contribution in [0.15, 0.2) is 0 Å². The standard InChI is InChI=1S/C15H31NO2/c1-14(2)5-7-15(13-16,8-6-14)9-12-18-11-4-10-17-3/h4-13,16H2,1-3H3. The third-order valence-corrected chi connectivity index (χ3v) is 4.51. The average Bonchev–Trinajstić information content (AvgIpc) is 2.36. The van der Waals surface area contributed by atoms with Crippen LogP contribution in [0.1, 0.15) is 52.4 Å². The lowest BCUT2D eigenvalue weighted by Crippen LogP contribution is -2.38. The van der Waals surface area contributed by atoms with E-state index >= 15 is 0 Å². The second kappa shape index (κ2) is 7.46. The molecule has 0 aromatic heterocycles. The molecule has 0 atom stereocenters. The number of methoxy groups -OCH3 is 1. The molecule has 0 heterocycles. The van der Waals surface area contributed by atoms with Crippen LogP contribution in [0.2, 0.25) is 0 Å². The predicted octanol–water partition coefficient (Wildman–Crippen LogP) is 2.97. The Morgan fingerprint density at radius 1 is 1.00 bits per heavy atom. The van der Waals surface area contributed by atoms with Crippen molar-refractivity contribution in [3.63, 3.8) is 0 Å². The summed E-state index contributed by atoms with van der Waals surface area (Å²) in [6, 6.07) is 0. The average molecular weight is 257 g/mol. The van der Waals surface area contributed by atoms with Gasteiger partial charge < -0.3 is 15.2 Å². The maximum Gasteiger partial charge on any atom is 0.0487 e. The first-order chi connectivity index (χ1) is 8.54. The number of rotatable bonds is 8. The van der Waals surface area contributed by atoms with Gasteiger partial charge in [0.2, 0.25) is 0 Å². The topological polar surface area (TPSA) is 44.5 Å². The molecule has 0 aliphatic heterocycles. The van der Waals surface area contributed by atoms with Gasteiger partial charge in [0.15, 0.2) is 0 Å². The first-order valence-corrected chi connectivity index (χ1v) is 7.30. The zero-order valence-electron chi connectivity index (χ0n) is 12.5. The lowest BCUT2D eigenvalue weighted by Gasteiger charge is -2.43. The quantitative estimate of drug-likeness (QED) is 0.680. The van der Waals surface area contributed by atoms with Crippen LogP contribution in [0.5, 0.6) is 0 Å². The van der Waals surface area contributed by atoms with Gasteiger partial charge in [-0.3, -0.25) is 0 Å². The van der Waals surface area contributed by atoms with Gasteiger partial charge in [0.05, 0.1) is 0 Å². The maximum absolute atomic E-state index is 6.01. The van der Waals surface area contributed by atoms with Crippen LogP contribution in [0, 0.1) is 10.8 Å². The van der Waals surface area contributed by atoms with E-state index < -0.39 is 0 Å². The molecule has 0 radical (unpaired) electrons. The molecule has 1 rings (SSSR count). The molecule has 0 aromatic carbocycles. The van der Waals surface area contributed by atoms with Crippen molar-refractivity contribution in [2.75, 3.05) is 33.5 Å². The number of nitrogens with two attached hydrogens (primary N) is 1. The summed E-state index contributed by atoms with van der Waals surface area (Å²) in [5, 5.41) is 0. The molecule has 1 aliphatic carbocycles. The van der Waals surface area contributed by atoms with Crippen LogP contribution >= 0.6 is 0 Å². The Bertz CT molecular complexity index is 219. The zero-order chi connectivity index (χ0) is 13.5. The van der Waals surface area contributed by atoms with Gasteiger partial charge in [0.1, 0.15) is 0 Å². The Balaban J connectivity index is 2.21. The summed E-state index contributed by atoms with van der Waals surface area (Å²) in [6.07, 6.45) is 7.23. The molecule has 3 heteroatoms. The minimum Gasteiger partial charge on any atom is -0.385 e. The highest BCUT2D eigenvalue weighted by atomic mass is 16.5. The van der Waals surface area contributed by atoms with Crippen molar-refractivity contribution < 1.29 is 9.47 Å². The molecule has 0 saturated heterocycles. The molecule has 0 aromatic rings. The minimum absolute atomic E-state index is 0.344. The summed E-state index contributed by atoms with van der Waals surface area (Å²) in [5.74, 6) is 0. The molecule has 1 fully saturated rings. The summed E-state index contributed by atoms with van der Waals surface area (Å²) in [5.41, 5.74) is 6.87. The van der Waals surface area contributed by atoms with Gasteiger partial charge >= 0.3 is 0 Å². The van der Waals surface area contributed by atoms with Gasteiger partial charge in [0.25, 0.3) is 0 Å². The molecule has 0 bridgehead atoms. The minimum atomic E-state index is 0.344. The largest absolute Gasteiger partial charge is 0.385 e. The highest BCUT2D eigenvalue weighted by Crippen LogP contribution is 2.46. The van der Waals surface area contributed by atoms with Crippen molar-refractivity contribution in [2.45, 2.75) is 52.4 Å². The highest BCUT2D eigenvalue weighted by Gasteiger charge is 2.36. The molecule has 1 aliphatic rings. The van der Waals surface area contributed by atoms with Crippen LogP contribution in [0.25, 0.3) is 0 Å². The summed E-state index contributed by atoms with van der Waals surface area (Å²) < 4.78 is 10.7. The van der Waals surface area contributed by atoms with Gasteiger partial charge in [-0.1, -0.05) is 13.8 Å². The molecule has 0 spiro atoms. The Kier molecular flexibility index (Phi) is 6.61. The van der Waals surface area contributed by atoms with Gasteiger partial charge in [0, 0.05) is 26.9 Å². The van der Waals surface area contributed by atoms with E-state index in [1.165, 1.54) is 25.7 Å². The van der Waals surface area contributed by atoms with Crippen molar-refractivity contribution in [3.05, 3.63) is 0 Å². The highest BCUT2D eigenvalue weighted by molar-refractivity contribution is 4.89. The third-order valence-electron chi connectivity index (χ3n) is 4.51. The van der Waals surface area contributed by atoms with E-state index in [0.29, 0.717) is 10.8 Å². The normalized spacial score (nSPS) is 22.0. The van der Waals surface area contributed by atoms with Gasteiger partial charge in [-0.05, 0) is 55.9 Å². The lowest BCUT2D eigenvalue weighted by molar-refractivity contribution is 0.0440. The van der Waals surface area contributed by atoms with Gasteiger partial charge in [-0.25, -0.2) is 0 Å². The van der Waals surface area contributed by atoms with E-state index in [-0.39, 0.29) is 0 Å². The first kappa shape index (κ1) is 15.9. The van der Waals surface area contributed by atoms with E-state index in [1.807, 2.05) is 0 Å². The predicted molar refractivity (Wildman–Crippen MR) is 75.7 cm³/mol. The first-order valence-electron chi connectivity index (χ1n) is 7.30. The molecule has 2 N–H and O–H groups in total. The van der Waals surface area contributed by atoms with Crippen LogP contribution in [-0.2, 0) is 9.47 Å². The number of hydrogen-bond donors (Lipinski definition) is 1. The Hall–Kier alpha value is -0.120. The van der Waals surface area contributed by atoms with Crippen LogP contribution in [0.3, 0.4) is 0 Å². The molecule has 1 saturated carbocycles. The summed E-state index contributed by atoms with van der Waals surface area (Å²) in [6.45, 7) is 7.99. The SMILES string of the molecule is COCCCOCCC1(CN)CCC(C)(C)CC1. The molecule has 0 unspecified atom stereocenters. The second-order valence-corrected chi connectivity index (χ2v) is 6.58. The van der Waals surface area contributed by atoms with Crippen LogP contribution in [0.4, 0.5) is 0 Å². The zero-order valence-corrected chi connectivity index (χ0v) is 12.5. The van der Waals surface area contributed by atoms with E-state index in [2.05, 4.69) is 13.8 Å². The maximum atomic E-state index is 6.01. The van der Waals surface area contributed by atoms with Gasteiger partial charge in [-0.2, -0.15) is 0 Å². The summed E-state index contributed by atoms with van der Waals surface area (Å²) >= 11 is 0. The molecule has 18 heavy (non-hydrogen) atoms.